The molecule has 2 aromatic heterocycles. The minimum absolute atomic E-state index is 0.589. The third-order valence-electron chi connectivity index (χ3n) is 4.02. The quantitative estimate of drug-likeness (QED) is 0.439. The van der Waals surface area contributed by atoms with E-state index in [1.807, 2.05) is 42.5 Å². The van der Waals surface area contributed by atoms with Crippen LogP contribution in [0.2, 0.25) is 5.02 Å². The molecular weight excluding hydrogens is 368 g/mol. The number of imidazole rings is 1. The van der Waals surface area contributed by atoms with Gasteiger partial charge in [-0.15, -0.1) is 0 Å². The van der Waals surface area contributed by atoms with E-state index in [9.17, 15) is 0 Å². The number of fused-ring (bicyclic) bond motifs is 1. The predicted octanol–water partition coefficient (Wildman–Crippen LogP) is 4.98. The maximum absolute atomic E-state index is 6.02. The summed E-state index contributed by atoms with van der Waals surface area (Å²) in [6.45, 7) is 2.99. The Kier molecular flexibility index (Phi) is 4.95. The van der Waals surface area contributed by atoms with Gasteiger partial charge >= 0.3 is 0 Å². The van der Waals surface area contributed by atoms with Gasteiger partial charge in [-0.2, -0.15) is 4.98 Å². The molecule has 4 rings (SSSR count). The second kappa shape index (κ2) is 7.51. The molecule has 0 atom stereocenters. The van der Waals surface area contributed by atoms with Gasteiger partial charge < -0.3 is 9.09 Å². The Balaban J connectivity index is 1.47. The molecule has 132 valence electrons. The minimum Gasteiger partial charge on any atom is -0.338 e. The second-order valence-corrected chi connectivity index (χ2v) is 7.21. The molecule has 4 aromatic rings. The molecule has 0 spiro atoms. The van der Waals surface area contributed by atoms with E-state index >= 15 is 0 Å². The minimum atomic E-state index is 0.589. The lowest BCUT2D eigenvalue weighted by Crippen LogP contribution is -1.96. The summed E-state index contributed by atoms with van der Waals surface area (Å²) in [7, 11) is 0. The Morgan fingerprint density at radius 3 is 2.85 bits per heavy atom. The van der Waals surface area contributed by atoms with Crippen molar-refractivity contribution in [1.29, 1.82) is 0 Å². The largest absolute Gasteiger partial charge is 0.338 e. The molecule has 0 fully saturated rings. The average Bonchev–Trinajstić information content (AvgIpc) is 3.23. The molecule has 2 aromatic carbocycles. The first kappa shape index (κ1) is 17.1. The highest BCUT2D eigenvalue weighted by Gasteiger charge is 2.13. The number of hydrogen-bond acceptors (Lipinski definition) is 5. The standard InChI is InChI=1S/C19H17ClN4OS/c1-2-24-16-9-4-3-8-15(16)21-19(24)26-12-18-22-17(23-25-18)11-13-6-5-7-14(20)10-13/h3-10H,2,11-12H2,1H3. The van der Waals surface area contributed by atoms with Gasteiger partial charge in [0, 0.05) is 18.0 Å². The van der Waals surface area contributed by atoms with Gasteiger partial charge in [-0.1, -0.05) is 52.8 Å². The molecule has 0 radical (unpaired) electrons. The van der Waals surface area contributed by atoms with Crippen LogP contribution in [0.5, 0.6) is 0 Å². The lowest BCUT2D eigenvalue weighted by atomic mass is 10.1. The number of aromatic nitrogens is 4. The van der Waals surface area contributed by atoms with Crippen LogP contribution in [-0.2, 0) is 18.7 Å². The number of benzene rings is 2. The summed E-state index contributed by atoms with van der Waals surface area (Å²) in [5.41, 5.74) is 3.21. The average molecular weight is 385 g/mol. The van der Waals surface area contributed by atoms with Crippen molar-refractivity contribution in [3.63, 3.8) is 0 Å². The first-order chi connectivity index (χ1) is 12.7. The van der Waals surface area contributed by atoms with Gasteiger partial charge in [0.25, 0.3) is 0 Å². The van der Waals surface area contributed by atoms with Crippen molar-refractivity contribution in [1.82, 2.24) is 19.7 Å². The Morgan fingerprint density at radius 1 is 1.12 bits per heavy atom. The summed E-state index contributed by atoms with van der Waals surface area (Å²) in [6, 6.07) is 15.8. The van der Waals surface area contributed by atoms with E-state index in [2.05, 4.69) is 27.7 Å². The third-order valence-corrected chi connectivity index (χ3v) is 5.22. The van der Waals surface area contributed by atoms with Gasteiger partial charge in [0.05, 0.1) is 16.8 Å². The molecule has 7 heteroatoms. The van der Waals surface area contributed by atoms with Crippen LogP contribution in [0, 0.1) is 0 Å². The van der Waals surface area contributed by atoms with Crippen LogP contribution in [0.1, 0.15) is 24.2 Å². The zero-order chi connectivity index (χ0) is 17.9. The number of thioether (sulfide) groups is 1. The zero-order valence-electron chi connectivity index (χ0n) is 14.2. The lowest BCUT2D eigenvalue weighted by Gasteiger charge is -2.03. The zero-order valence-corrected chi connectivity index (χ0v) is 15.8. The van der Waals surface area contributed by atoms with Crippen LogP contribution in [0.3, 0.4) is 0 Å². The molecule has 26 heavy (non-hydrogen) atoms. The molecule has 0 aliphatic carbocycles. The van der Waals surface area contributed by atoms with Crippen LogP contribution >= 0.6 is 23.4 Å². The summed E-state index contributed by atoms with van der Waals surface area (Å²) >= 11 is 7.63. The molecule has 0 saturated heterocycles. The second-order valence-electron chi connectivity index (χ2n) is 5.83. The van der Waals surface area contributed by atoms with Gasteiger partial charge in [-0.25, -0.2) is 4.98 Å². The predicted molar refractivity (Wildman–Crippen MR) is 104 cm³/mol. The normalized spacial score (nSPS) is 11.3. The van der Waals surface area contributed by atoms with Crippen molar-refractivity contribution < 1.29 is 4.52 Å². The van der Waals surface area contributed by atoms with Crippen LogP contribution in [-0.4, -0.2) is 19.7 Å². The lowest BCUT2D eigenvalue weighted by molar-refractivity contribution is 0.385. The van der Waals surface area contributed by atoms with E-state index in [-0.39, 0.29) is 0 Å². The van der Waals surface area contributed by atoms with E-state index in [0.29, 0.717) is 28.9 Å². The fourth-order valence-corrected chi connectivity index (χ4v) is 3.97. The Hall–Kier alpha value is -2.31. The maximum Gasteiger partial charge on any atom is 0.237 e. The first-order valence-corrected chi connectivity index (χ1v) is 9.73. The van der Waals surface area contributed by atoms with Crippen molar-refractivity contribution >= 4 is 34.4 Å². The van der Waals surface area contributed by atoms with E-state index in [0.717, 1.165) is 28.3 Å². The van der Waals surface area contributed by atoms with Crippen molar-refractivity contribution in [2.75, 3.05) is 0 Å². The molecule has 0 saturated carbocycles. The van der Waals surface area contributed by atoms with Gasteiger partial charge in [0.1, 0.15) is 0 Å². The van der Waals surface area contributed by atoms with Crippen molar-refractivity contribution in [3.8, 4) is 0 Å². The Labute approximate surface area is 160 Å². The van der Waals surface area contributed by atoms with Gasteiger partial charge in [0.2, 0.25) is 5.89 Å². The van der Waals surface area contributed by atoms with Crippen molar-refractivity contribution in [3.05, 3.63) is 70.8 Å². The fourth-order valence-electron chi connectivity index (χ4n) is 2.85. The van der Waals surface area contributed by atoms with E-state index < -0.39 is 0 Å². The highest BCUT2D eigenvalue weighted by molar-refractivity contribution is 7.98. The summed E-state index contributed by atoms with van der Waals surface area (Å²) in [5, 5.41) is 5.74. The number of para-hydroxylation sites is 2. The van der Waals surface area contributed by atoms with Crippen molar-refractivity contribution in [2.24, 2.45) is 0 Å². The SMILES string of the molecule is CCn1c(SCc2nc(Cc3cccc(Cl)c3)no2)nc2ccccc21. The van der Waals surface area contributed by atoms with Crippen LogP contribution in [0.15, 0.2) is 58.2 Å². The molecular formula is C19H17ClN4OS. The molecule has 0 bridgehead atoms. The summed E-state index contributed by atoms with van der Waals surface area (Å²) in [5.74, 6) is 1.85. The van der Waals surface area contributed by atoms with Crippen LogP contribution in [0.25, 0.3) is 11.0 Å². The smallest absolute Gasteiger partial charge is 0.237 e. The number of halogens is 1. The summed E-state index contributed by atoms with van der Waals surface area (Å²) < 4.78 is 7.58. The Morgan fingerprint density at radius 2 is 2.00 bits per heavy atom. The van der Waals surface area contributed by atoms with Gasteiger partial charge in [0.15, 0.2) is 11.0 Å². The third kappa shape index (κ3) is 3.61. The summed E-state index contributed by atoms with van der Waals surface area (Å²) in [6.07, 6.45) is 0.599. The monoisotopic (exact) mass is 384 g/mol. The van der Waals surface area contributed by atoms with Gasteiger partial charge in [-0.05, 0) is 36.8 Å². The highest BCUT2D eigenvalue weighted by atomic mass is 35.5. The maximum atomic E-state index is 6.02. The number of hydrogen-bond donors (Lipinski definition) is 0. The molecule has 0 aliphatic heterocycles. The Bertz CT molecular complexity index is 1040. The topological polar surface area (TPSA) is 56.7 Å². The molecule has 0 N–H and O–H groups in total. The highest BCUT2D eigenvalue weighted by Crippen LogP contribution is 2.26. The van der Waals surface area contributed by atoms with Crippen molar-refractivity contribution in [2.45, 2.75) is 30.8 Å². The summed E-state index contributed by atoms with van der Waals surface area (Å²) in [4.78, 5) is 9.19. The van der Waals surface area contributed by atoms with Gasteiger partial charge in [-0.3, -0.25) is 0 Å². The number of aryl methyl sites for hydroxylation is 1. The molecule has 0 aliphatic rings. The number of rotatable bonds is 6. The van der Waals surface area contributed by atoms with E-state index in [4.69, 9.17) is 21.1 Å². The molecule has 5 nitrogen and oxygen atoms in total. The number of nitrogens with zero attached hydrogens (tertiary/aromatic N) is 4. The van der Waals surface area contributed by atoms with E-state index in [1.54, 1.807) is 11.8 Å². The first-order valence-electron chi connectivity index (χ1n) is 8.37. The fraction of sp³-hybridized carbons (Fsp3) is 0.211. The molecule has 0 amide bonds. The van der Waals surface area contributed by atoms with E-state index in [1.165, 1.54) is 0 Å². The molecule has 0 unspecified atom stereocenters. The molecule has 2 heterocycles. The van der Waals surface area contributed by atoms with Crippen LogP contribution in [0.4, 0.5) is 0 Å². The van der Waals surface area contributed by atoms with Crippen LogP contribution < -0.4 is 0 Å².